The molecule has 0 fully saturated rings. The largest absolute Gasteiger partial charge is 0.311 e. The number of aryl methyl sites for hydroxylation is 3. The van der Waals surface area contributed by atoms with Crippen LogP contribution in [0.15, 0.2) is 176 Å². The Kier molecular flexibility index (Phi) is 12.8. The molecule has 0 aliphatic carbocycles. The molecule has 414 valence electrons. The first-order chi connectivity index (χ1) is 38.6. The van der Waals surface area contributed by atoms with E-state index in [0.29, 0.717) is 0 Å². The number of aromatic nitrogens is 1. The lowest BCUT2D eigenvalue weighted by Crippen LogP contribution is -2.61. The Balaban J connectivity index is 1.14. The minimum absolute atomic E-state index is 0.00193. The number of fused-ring (bicyclic) bond motifs is 7. The molecule has 2 aliphatic rings. The number of para-hydroxylation sites is 1. The van der Waals surface area contributed by atoms with E-state index in [1.807, 2.05) is 0 Å². The summed E-state index contributed by atoms with van der Waals surface area (Å²) in [6.07, 6.45) is 0. The maximum absolute atomic E-state index is 2.59. The Labute approximate surface area is 490 Å². The van der Waals surface area contributed by atoms with Crippen LogP contribution >= 0.6 is 0 Å². The van der Waals surface area contributed by atoms with E-state index < -0.39 is 0 Å². The molecule has 0 unspecified atom stereocenters. The van der Waals surface area contributed by atoms with Crippen LogP contribution in [0.3, 0.4) is 0 Å². The summed E-state index contributed by atoms with van der Waals surface area (Å²) in [4.78, 5) is 7.71. The molecule has 0 N–H and O–H groups in total. The number of hydrogen-bond acceptors (Lipinski definition) is 3. The molecule has 2 aliphatic heterocycles. The molecule has 0 saturated carbocycles. The van der Waals surface area contributed by atoms with Crippen LogP contribution in [0.25, 0.3) is 27.5 Å². The summed E-state index contributed by atoms with van der Waals surface area (Å²) in [5.74, 6) is 0. The van der Waals surface area contributed by atoms with E-state index in [1.54, 1.807) is 0 Å². The van der Waals surface area contributed by atoms with Crippen LogP contribution in [0, 0.1) is 20.8 Å². The molecule has 0 spiro atoms. The maximum atomic E-state index is 2.59. The molecule has 82 heavy (non-hydrogen) atoms. The predicted molar refractivity (Wildman–Crippen MR) is 357 cm³/mol. The van der Waals surface area contributed by atoms with Gasteiger partial charge in [0, 0.05) is 62.0 Å². The van der Waals surface area contributed by atoms with Gasteiger partial charge in [-0.25, -0.2) is 0 Å². The summed E-state index contributed by atoms with van der Waals surface area (Å²) < 4.78 is 2.47. The molecule has 10 aromatic rings. The molecule has 5 heteroatoms. The molecule has 4 nitrogen and oxygen atoms in total. The average molecular weight is 1080 g/mol. The minimum Gasteiger partial charge on any atom is -0.311 e. The molecule has 3 heterocycles. The highest BCUT2D eigenvalue weighted by molar-refractivity contribution is 7.00. The number of benzene rings is 9. The molecule has 1 aromatic heterocycles. The molecule has 0 amide bonds. The van der Waals surface area contributed by atoms with Crippen molar-refractivity contribution in [2.24, 2.45) is 0 Å². The minimum atomic E-state index is -0.0613. The van der Waals surface area contributed by atoms with Crippen LogP contribution < -0.4 is 31.1 Å². The van der Waals surface area contributed by atoms with Crippen molar-refractivity contribution in [3.05, 3.63) is 220 Å². The van der Waals surface area contributed by atoms with Crippen molar-refractivity contribution in [3.63, 3.8) is 0 Å². The predicted octanol–water partition coefficient (Wildman–Crippen LogP) is 19.7. The highest BCUT2D eigenvalue weighted by atomic mass is 15.2. The smallest absolute Gasteiger partial charge is 0.252 e. The fraction of sp³-hybridized carbons (Fsp3) is 0.299. The fourth-order valence-corrected chi connectivity index (χ4v) is 13.1. The van der Waals surface area contributed by atoms with E-state index in [-0.39, 0.29) is 33.8 Å². The molecular weight excluding hydrogens is 992 g/mol. The average Bonchev–Trinajstić information content (AvgIpc) is 1.31. The first-order valence-electron chi connectivity index (χ1n) is 29.9. The second-order valence-corrected chi connectivity index (χ2v) is 29.1. The molecule has 0 radical (unpaired) electrons. The van der Waals surface area contributed by atoms with E-state index >= 15 is 0 Å². The summed E-state index contributed by atoms with van der Waals surface area (Å²) in [6, 6.07) is 68.6. The highest BCUT2D eigenvalue weighted by Gasteiger charge is 2.44. The van der Waals surface area contributed by atoms with Gasteiger partial charge in [0.25, 0.3) is 6.71 Å². The molecule has 0 atom stereocenters. The quantitative estimate of drug-likeness (QED) is 0.154. The number of rotatable bonds is 6. The van der Waals surface area contributed by atoms with Crippen molar-refractivity contribution in [1.82, 2.24) is 4.57 Å². The summed E-state index contributed by atoms with van der Waals surface area (Å²) >= 11 is 0. The summed E-state index contributed by atoms with van der Waals surface area (Å²) in [5, 5.41) is 2.48. The fourth-order valence-electron chi connectivity index (χ4n) is 13.1. The standard InChI is InChI=1S/C77H83BN4/c1-48-41-69-71-70(42-48)82(58-34-27-53(28-35-58)75(10,11)12)68-47-60(37-39-63(68)78(71)64-45-54(76(13,14)15)29-40-66(64)81(69)57-32-25-52(26-33-57)74(7,8)9)79(72-49(2)43-55(44-50(72)3)77(16,17)18)59-36-38-62-61-21-19-20-22-65(61)80(67(62)46-59)56-30-23-51(24-31-56)73(4,5)6/h19-47H,1-18H3. The van der Waals surface area contributed by atoms with Crippen molar-refractivity contribution in [2.75, 3.05) is 14.7 Å². The lowest BCUT2D eigenvalue weighted by molar-refractivity contribution is 0.589. The Bertz CT molecular complexity index is 4120. The third-order valence-corrected chi connectivity index (χ3v) is 17.8. The zero-order chi connectivity index (χ0) is 58.3. The first-order valence-corrected chi connectivity index (χ1v) is 29.9. The van der Waals surface area contributed by atoms with E-state index in [9.17, 15) is 0 Å². The van der Waals surface area contributed by atoms with E-state index in [1.165, 1.54) is 117 Å². The SMILES string of the molecule is Cc1cc2c3c(c1)N(c1ccc(C(C)(C)C)cc1)c1cc(N(c4ccc5c6ccccc6n(-c6ccc(C(C)(C)C)cc6)c5c4)c4c(C)cc(C(C)(C)C)cc4C)ccc1B3c1cc(C(C)(C)C)ccc1N2c1ccc(C(C)(C)C)cc1. The third kappa shape index (κ3) is 9.33. The van der Waals surface area contributed by atoms with Crippen LogP contribution in [0.4, 0.5) is 51.2 Å². The molecule has 0 saturated heterocycles. The van der Waals surface area contributed by atoms with E-state index in [4.69, 9.17) is 0 Å². The highest BCUT2D eigenvalue weighted by Crippen LogP contribution is 2.49. The Morgan fingerprint density at radius 1 is 0.341 bits per heavy atom. The van der Waals surface area contributed by atoms with Crippen molar-refractivity contribution < 1.29 is 0 Å². The van der Waals surface area contributed by atoms with Crippen molar-refractivity contribution in [3.8, 4) is 5.69 Å². The van der Waals surface area contributed by atoms with Gasteiger partial charge in [0.2, 0.25) is 0 Å². The van der Waals surface area contributed by atoms with E-state index in [0.717, 1.165) is 22.7 Å². The second kappa shape index (κ2) is 19.2. The van der Waals surface area contributed by atoms with Gasteiger partial charge in [-0.15, -0.1) is 0 Å². The summed E-state index contributed by atoms with van der Waals surface area (Å²) in [6.45, 7) is 41.6. The van der Waals surface area contributed by atoms with Crippen molar-refractivity contribution >= 4 is 96.1 Å². The van der Waals surface area contributed by atoms with Crippen LogP contribution in [0.2, 0.25) is 0 Å². The van der Waals surface area contributed by atoms with Gasteiger partial charge >= 0.3 is 0 Å². The number of anilines is 9. The number of nitrogens with zero attached hydrogens (tertiary/aromatic N) is 4. The van der Waals surface area contributed by atoms with Gasteiger partial charge in [0.1, 0.15) is 0 Å². The molecule has 9 aromatic carbocycles. The summed E-state index contributed by atoms with van der Waals surface area (Å²) in [5.41, 5.74) is 28.4. The lowest BCUT2D eigenvalue weighted by atomic mass is 9.33. The van der Waals surface area contributed by atoms with Crippen LogP contribution in [0.5, 0.6) is 0 Å². The van der Waals surface area contributed by atoms with Gasteiger partial charge in [0.05, 0.1) is 16.7 Å². The van der Waals surface area contributed by atoms with E-state index in [2.05, 4.69) is 320 Å². The Morgan fingerprint density at radius 3 is 1.32 bits per heavy atom. The Morgan fingerprint density at radius 2 is 0.793 bits per heavy atom. The topological polar surface area (TPSA) is 14.7 Å². The summed E-state index contributed by atoms with van der Waals surface area (Å²) in [7, 11) is 0. The normalized spacial score (nSPS) is 13.7. The van der Waals surface area contributed by atoms with Crippen molar-refractivity contribution in [1.29, 1.82) is 0 Å². The zero-order valence-electron chi connectivity index (χ0n) is 52.1. The van der Waals surface area contributed by atoms with Crippen LogP contribution in [-0.4, -0.2) is 11.3 Å². The van der Waals surface area contributed by atoms with Gasteiger partial charge < -0.3 is 19.3 Å². The van der Waals surface area contributed by atoms with Gasteiger partial charge in [0.15, 0.2) is 0 Å². The van der Waals surface area contributed by atoms with Gasteiger partial charge in [-0.05, 0) is 194 Å². The lowest BCUT2D eigenvalue weighted by Gasteiger charge is -2.45. The van der Waals surface area contributed by atoms with Gasteiger partial charge in [-0.1, -0.05) is 195 Å². The molecule has 0 bridgehead atoms. The molecule has 12 rings (SSSR count). The second-order valence-electron chi connectivity index (χ2n) is 29.1. The van der Waals surface area contributed by atoms with Crippen LogP contribution in [0.1, 0.15) is 148 Å². The molecular formula is C77H83BN4. The van der Waals surface area contributed by atoms with Gasteiger partial charge in [-0.2, -0.15) is 0 Å². The monoisotopic (exact) mass is 1070 g/mol. The maximum Gasteiger partial charge on any atom is 0.252 e. The van der Waals surface area contributed by atoms with Crippen LogP contribution in [-0.2, 0) is 27.1 Å². The van der Waals surface area contributed by atoms with Gasteiger partial charge in [-0.3, -0.25) is 0 Å². The third-order valence-electron chi connectivity index (χ3n) is 17.8. The number of hydrogen-bond donors (Lipinski definition) is 0. The first kappa shape index (κ1) is 54.8. The Hall–Kier alpha value is -7.76. The zero-order valence-corrected chi connectivity index (χ0v) is 52.1. The van der Waals surface area contributed by atoms with Crippen molar-refractivity contribution in [2.45, 2.75) is 152 Å².